The fourth-order valence-corrected chi connectivity index (χ4v) is 5.01. The molecule has 1 N–H and O–H groups in total. The molecule has 0 aromatic heterocycles. The van der Waals surface area contributed by atoms with Crippen molar-refractivity contribution in [3.63, 3.8) is 0 Å². The molecule has 1 fully saturated rings. The van der Waals surface area contributed by atoms with Crippen LogP contribution >= 0.6 is 0 Å². The van der Waals surface area contributed by atoms with Crippen LogP contribution in [0.2, 0.25) is 0 Å². The number of rotatable bonds is 5. The zero-order chi connectivity index (χ0) is 25.5. The molecule has 3 rings (SSSR count). The van der Waals surface area contributed by atoms with E-state index in [0.717, 1.165) is 32.1 Å². The molecule has 0 saturated heterocycles. The van der Waals surface area contributed by atoms with Gasteiger partial charge in [-0.2, -0.15) is 0 Å². The van der Waals surface area contributed by atoms with Crippen LogP contribution in [0.15, 0.2) is 18.2 Å². The fraction of sp³-hybridized carbons (Fsp3) is 0.667. The van der Waals surface area contributed by atoms with Gasteiger partial charge in [0.05, 0.1) is 17.7 Å². The Kier molecular flexibility index (Phi) is 9.55. The number of carbonyl (C=O) groups is 3. The highest BCUT2D eigenvalue weighted by Crippen LogP contribution is 2.30. The molecule has 2 aliphatic rings. The SMILES string of the molecule is CCCC(=O)Nc1ccc2c(c1)OC[C@H](C)N(C(=O)C1CCCC1)C[C@@H](C)[C@@H](OC)CN(C)C2=O. The predicted octanol–water partition coefficient (Wildman–Crippen LogP) is 3.95. The second-order valence-corrected chi connectivity index (χ2v) is 10.1. The average Bonchev–Trinajstić information content (AvgIpc) is 3.38. The van der Waals surface area contributed by atoms with Crippen molar-refractivity contribution in [1.82, 2.24) is 9.80 Å². The fourth-order valence-electron chi connectivity index (χ4n) is 5.01. The second-order valence-electron chi connectivity index (χ2n) is 10.1. The number of nitrogens with one attached hydrogen (secondary N) is 1. The Morgan fingerprint density at radius 2 is 1.89 bits per heavy atom. The lowest BCUT2D eigenvalue weighted by molar-refractivity contribution is -0.139. The third-order valence-electron chi connectivity index (χ3n) is 7.20. The van der Waals surface area contributed by atoms with Gasteiger partial charge in [0.2, 0.25) is 11.8 Å². The first-order chi connectivity index (χ1) is 16.7. The van der Waals surface area contributed by atoms with E-state index in [1.165, 1.54) is 0 Å². The summed E-state index contributed by atoms with van der Waals surface area (Å²) in [5, 5.41) is 2.87. The molecule has 1 heterocycles. The number of benzene rings is 1. The van der Waals surface area contributed by atoms with E-state index < -0.39 is 0 Å². The molecular weight excluding hydrogens is 446 g/mol. The third kappa shape index (κ3) is 6.75. The number of fused-ring (bicyclic) bond motifs is 1. The molecule has 1 aliphatic heterocycles. The van der Waals surface area contributed by atoms with Crippen molar-refractivity contribution in [2.24, 2.45) is 11.8 Å². The molecule has 1 aromatic rings. The van der Waals surface area contributed by atoms with Crippen molar-refractivity contribution in [2.75, 3.05) is 39.2 Å². The molecule has 0 spiro atoms. The Morgan fingerprint density at radius 3 is 2.54 bits per heavy atom. The summed E-state index contributed by atoms with van der Waals surface area (Å²) >= 11 is 0. The maximum atomic E-state index is 13.5. The lowest BCUT2D eigenvalue weighted by Gasteiger charge is -2.37. The first-order valence-electron chi connectivity index (χ1n) is 12.9. The van der Waals surface area contributed by atoms with Gasteiger partial charge in [0.25, 0.3) is 5.91 Å². The molecule has 0 unspecified atom stereocenters. The van der Waals surface area contributed by atoms with Gasteiger partial charge in [-0.05, 0) is 38.3 Å². The van der Waals surface area contributed by atoms with Crippen LogP contribution in [0.4, 0.5) is 5.69 Å². The second kappa shape index (κ2) is 12.4. The van der Waals surface area contributed by atoms with Gasteiger partial charge < -0.3 is 24.6 Å². The lowest BCUT2D eigenvalue weighted by Crippen LogP contribution is -2.50. The van der Waals surface area contributed by atoms with Crippen LogP contribution in [0.25, 0.3) is 0 Å². The minimum Gasteiger partial charge on any atom is -0.491 e. The van der Waals surface area contributed by atoms with E-state index in [9.17, 15) is 14.4 Å². The van der Waals surface area contributed by atoms with E-state index in [4.69, 9.17) is 9.47 Å². The number of anilines is 1. The summed E-state index contributed by atoms with van der Waals surface area (Å²) < 4.78 is 12.0. The van der Waals surface area contributed by atoms with Crippen LogP contribution in [-0.2, 0) is 14.3 Å². The van der Waals surface area contributed by atoms with Gasteiger partial charge in [-0.25, -0.2) is 0 Å². The maximum absolute atomic E-state index is 13.5. The van der Waals surface area contributed by atoms with Crippen LogP contribution in [0.3, 0.4) is 0 Å². The minimum atomic E-state index is -0.216. The van der Waals surface area contributed by atoms with Gasteiger partial charge in [0, 0.05) is 57.3 Å². The monoisotopic (exact) mass is 487 g/mol. The molecule has 1 aromatic carbocycles. The quantitative estimate of drug-likeness (QED) is 0.680. The zero-order valence-corrected chi connectivity index (χ0v) is 21.8. The normalized spacial score (nSPS) is 24.3. The van der Waals surface area contributed by atoms with Gasteiger partial charge in [0.1, 0.15) is 12.4 Å². The summed E-state index contributed by atoms with van der Waals surface area (Å²) in [6, 6.07) is 4.94. The molecule has 0 radical (unpaired) electrons. The van der Waals surface area contributed by atoms with Gasteiger partial charge >= 0.3 is 0 Å². The summed E-state index contributed by atoms with van der Waals surface area (Å²) in [6.45, 7) is 7.20. The lowest BCUT2D eigenvalue weighted by atomic mass is 9.99. The number of nitrogens with zero attached hydrogens (tertiary/aromatic N) is 2. The van der Waals surface area contributed by atoms with Crippen molar-refractivity contribution in [2.45, 2.75) is 71.4 Å². The average molecular weight is 488 g/mol. The highest BCUT2D eigenvalue weighted by atomic mass is 16.5. The van der Waals surface area contributed by atoms with E-state index >= 15 is 0 Å². The summed E-state index contributed by atoms with van der Waals surface area (Å²) in [6.07, 6.45) is 5.02. The first kappa shape index (κ1) is 27.0. The smallest absolute Gasteiger partial charge is 0.257 e. The van der Waals surface area contributed by atoms with Gasteiger partial charge in [-0.3, -0.25) is 14.4 Å². The maximum Gasteiger partial charge on any atom is 0.257 e. The molecule has 194 valence electrons. The summed E-state index contributed by atoms with van der Waals surface area (Å²) in [5.74, 6) is 0.436. The molecular formula is C27H41N3O5. The molecule has 8 heteroatoms. The van der Waals surface area contributed by atoms with Crippen molar-refractivity contribution in [1.29, 1.82) is 0 Å². The van der Waals surface area contributed by atoms with Gasteiger partial charge in [-0.1, -0.05) is 26.7 Å². The van der Waals surface area contributed by atoms with Crippen LogP contribution in [-0.4, -0.2) is 73.5 Å². The standard InChI is InChI=1S/C27H41N3O5/c1-6-9-25(31)28-21-12-13-22-23(14-21)35-17-19(3)30(26(32)20-10-7-8-11-20)15-18(2)24(34-5)16-29(4)27(22)33/h12-14,18-20,24H,6-11,15-17H2,1-5H3,(H,28,31)/t18-,19+,24+/m1/s1. The summed E-state index contributed by atoms with van der Waals surface area (Å²) in [5.41, 5.74) is 1.00. The van der Waals surface area contributed by atoms with E-state index in [1.54, 1.807) is 37.3 Å². The Labute approximate surface area is 209 Å². The van der Waals surface area contributed by atoms with Crippen LogP contribution < -0.4 is 10.1 Å². The number of hydrogen-bond donors (Lipinski definition) is 1. The Hall–Kier alpha value is -2.61. The molecule has 1 aliphatic carbocycles. The van der Waals surface area contributed by atoms with Gasteiger partial charge in [-0.15, -0.1) is 0 Å². The number of carbonyl (C=O) groups excluding carboxylic acids is 3. The molecule has 8 nitrogen and oxygen atoms in total. The Morgan fingerprint density at radius 1 is 1.17 bits per heavy atom. The van der Waals surface area contributed by atoms with Crippen LogP contribution in [0.5, 0.6) is 5.75 Å². The molecule has 1 saturated carbocycles. The van der Waals surface area contributed by atoms with Crippen LogP contribution in [0.1, 0.15) is 69.7 Å². The molecule has 35 heavy (non-hydrogen) atoms. The van der Waals surface area contributed by atoms with Crippen LogP contribution in [0, 0.1) is 11.8 Å². The largest absolute Gasteiger partial charge is 0.491 e. The molecule has 3 amide bonds. The Bertz CT molecular complexity index is 899. The van der Waals surface area contributed by atoms with Crippen molar-refractivity contribution < 1.29 is 23.9 Å². The number of ether oxygens (including phenoxy) is 2. The van der Waals surface area contributed by atoms with Crippen molar-refractivity contribution in [3.8, 4) is 5.75 Å². The first-order valence-corrected chi connectivity index (χ1v) is 12.9. The number of hydrogen-bond acceptors (Lipinski definition) is 5. The summed E-state index contributed by atoms with van der Waals surface area (Å²) in [4.78, 5) is 42.5. The van der Waals surface area contributed by atoms with E-state index in [0.29, 0.717) is 36.5 Å². The van der Waals surface area contributed by atoms with E-state index in [1.807, 2.05) is 18.7 Å². The Balaban J connectivity index is 1.93. The minimum absolute atomic E-state index is 0.0399. The highest BCUT2D eigenvalue weighted by molar-refractivity contribution is 5.98. The number of likely N-dealkylation sites (N-methyl/N-ethyl adjacent to an activating group) is 1. The number of amides is 3. The summed E-state index contributed by atoms with van der Waals surface area (Å²) in [7, 11) is 3.40. The zero-order valence-electron chi connectivity index (χ0n) is 21.8. The van der Waals surface area contributed by atoms with Gasteiger partial charge in [0.15, 0.2) is 0 Å². The molecule has 3 atom stereocenters. The van der Waals surface area contributed by atoms with Crippen molar-refractivity contribution in [3.05, 3.63) is 23.8 Å². The highest BCUT2D eigenvalue weighted by Gasteiger charge is 2.34. The predicted molar refractivity (Wildman–Crippen MR) is 136 cm³/mol. The van der Waals surface area contributed by atoms with Crippen molar-refractivity contribution >= 4 is 23.4 Å². The molecule has 0 bridgehead atoms. The van der Waals surface area contributed by atoms with E-state index in [2.05, 4.69) is 12.2 Å². The van der Waals surface area contributed by atoms with E-state index in [-0.39, 0.29) is 48.3 Å². The topological polar surface area (TPSA) is 88.2 Å². The number of methoxy groups -OCH3 is 1. The third-order valence-corrected chi connectivity index (χ3v) is 7.20.